The van der Waals surface area contributed by atoms with Gasteiger partial charge >= 0.3 is 0 Å². The minimum Gasteiger partial charge on any atom is -0.294 e. The minimum absolute atomic E-state index is 0.262. The van der Waals surface area contributed by atoms with Crippen LogP contribution in [0.2, 0.25) is 0 Å². The SMILES string of the molecule is Cc1ccc(C2C(=O)C=CC2=O)cc1C1C(=O)C=CC1=O. The molecule has 0 aliphatic heterocycles. The van der Waals surface area contributed by atoms with Crippen molar-refractivity contribution in [3.8, 4) is 0 Å². The van der Waals surface area contributed by atoms with E-state index in [9.17, 15) is 19.2 Å². The van der Waals surface area contributed by atoms with Crippen molar-refractivity contribution in [1.29, 1.82) is 0 Å². The van der Waals surface area contributed by atoms with E-state index in [-0.39, 0.29) is 23.1 Å². The van der Waals surface area contributed by atoms with Crippen LogP contribution < -0.4 is 0 Å². The van der Waals surface area contributed by atoms with Gasteiger partial charge in [0.2, 0.25) is 0 Å². The Kier molecular flexibility index (Phi) is 3.01. The fourth-order valence-corrected chi connectivity index (χ4v) is 2.78. The van der Waals surface area contributed by atoms with Crippen LogP contribution in [-0.2, 0) is 19.2 Å². The van der Waals surface area contributed by atoms with Gasteiger partial charge < -0.3 is 0 Å². The predicted octanol–water partition coefficient (Wildman–Crippen LogP) is 1.58. The molecule has 104 valence electrons. The molecule has 0 fully saturated rings. The summed E-state index contributed by atoms with van der Waals surface area (Å²) in [6.45, 7) is 1.80. The van der Waals surface area contributed by atoms with E-state index < -0.39 is 11.8 Å². The molecule has 1 aromatic carbocycles. The van der Waals surface area contributed by atoms with Gasteiger partial charge in [0.15, 0.2) is 23.1 Å². The third kappa shape index (κ3) is 2.09. The molecule has 3 rings (SSSR count). The lowest BCUT2D eigenvalue weighted by Gasteiger charge is -2.15. The van der Waals surface area contributed by atoms with Crippen molar-refractivity contribution in [3.63, 3.8) is 0 Å². The summed E-state index contributed by atoms with van der Waals surface area (Å²) in [4.78, 5) is 47.2. The summed E-state index contributed by atoms with van der Waals surface area (Å²) >= 11 is 0. The lowest BCUT2D eigenvalue weighted by Crippen LogP contribution is -2.17. The van der Waals surface area contributed by atoms with Gasteiger partial charge in [0.05, 0.1) is 0 Å². The molecule has 0 saturated heterocycles. The lowest BCUT2D eigenvalue weighted by atomic mass is 9.86. The van der Waals surface area contributed by atoms with E-state index in [0.29, 0.717) is 11.1 Å². The Bertz CT molecular complexity index is 716. The molecule has 0 radical (unpaired) electrons. The van der Waals surface area contributed by atoms with Crippen molar-refractivity contribution in [1.82, 2.24) is 0 Å². The van der Waals surface area contributed by atoms with Crippen molar-refractivity contribution < 1.29 is 19.2 Å². The maximum atomic E-state index is 11.8. The lowest BCUT2D eigenvalue weighted by molar-refractivity contribution is -0.123. The number of carbonyl (C=O) groups is 4. The quantitative estimate of drug-likeness (QED) is 0.771. The van der Waals surface area contributed by atoms with Crippen LogP contribution in [-0.4, -0.2) is 23.1 Å². The van der Waals surface area contributed by atoms with Gasteiger partial charge in [-0.3, -0.25) is 19.2 Å². The highest BCUT2D eigenvalue weighted by atomic mass is 16.2. The number of allylic oxidation sites excluding steroid dienone is 4. The summed E-state index contributed by atoms with van der Waals surface area (Å²) < 4.78 is 0. The van der Waals surface area contributed by atoms with E-state index in [1.165, 1.54) is 24.3 Å². The Morgan fingerprint density at radius 2 is 1.19 bits per heavy atom. The molecule has 1 aromatic rings. The topological polar surface area (TPSA) is 68.3 Å². The van der Waals surface area contributed by atoms with E-state index in [1.54, 1.807) is 25.1 Å². The maximum Gasteiger partial charge on any atom is 0.171 e. The molecule has 0 N–H and O–H groups in total. The first-order chi connectivity index (χ1) is 9.99. The van der Waals surface area contributed by atoms with Crippen LogP contribution in [0.3, 0.4) is 0 Å². The van der Waals surface area contributed by atoms with Crippen LogP contribution >= 0.6 is 0 Å². The largest absolute Gasteiger partial charge is 0.294 e. The van der Waals surface area contributed by atoms with Crippen LogP contribution in [0.4, 0.5) is 0 Å². The Balaban J connectivity index is 2.05. The Hall–Kier alpha value is -2.62. The predicted molar refractivity (Wildman–Crippen MR) is 75.0 cm³/mol. The van der Waals surface area contributed by atoms with Gasteiger partial charge in [-0.15, -0.1) is 0 Å². The van der Waals surface area contributed by atoms with Crippen molar-refractivity contribution >= 4 is 23.1 Å². The molecule has 0 atom stereocenters. The van der Waals surface area contributed by atoms with Gasteiger partial charge in [-0.25, -0.2) is 0 Å². The molecular weight excluding hydrogens is 268 g/mol. The van der Waals surface area contributed by atoms with Crippen molar-refractivity contribution in [2.45, 2.75) is 18.8 Å². The van der Waals surface area contributed by atoms with Crippen LogP contribution in [0.5, 0.6) is 0 Å². The standard InChI is InChI=1S/C17H12O4/c1-9-2-3-10(16-12(18)4-5-13(16)19)8-11(9)17-14(20)6-7-15(17)21/h2-8,16-17H,1H3. The Morgan fingerprint density at radius 1 is 0.714 bits per heavy atom. The van der Waals surface area contributed by atoms with E-state index in [4.69, 9.17) is 0 Å². The number of rotatable bonds is 2. The minimum atomic E-state index is -0.844. The van der Waals surface area contributed by atoms with Crippen LogP contribution in [0.25, 0.3) is 0 Å². The molecule has 0 bridgehead atoms. The first-order valence-corrected chi connectivity index (χ1v) is 6.61. The average molecular weight is 280 g/mol. The van der Waals surface area contributed by atoms with E-state index in [0.717, 1.165) is 5.56 Å². The molecule has 0 heterocycles. The number of aryl methyl sites for hydroxylation is 1. The van der Waals surface area contributed by atoms with E-state index in [1.807, 2.05) is 0 Å². The Morgan fingerprint density at radius 3 is 1.71 bits per heavy atom. The second kappa shape index (κ2) is 4.74. The first kappa shape index (κ1) is 13.4. The first-order valence-electron chi connectivity index (χ1n) is 6.61. The second-order valence-electron chi connectivity index (χ2n) is 5.26. The molecule has 2 aliphatic carbocycles. The number of carbonyl (C=O) groups excluding carboxylic acids is 4. The molecule has 0 spiro atoms. The highest BCUT2D eigenvalue weighted by molar-refractivity contribution is 6.24. The van der Waals surface area contributed by atoms with Crippen molar-refractivity contribution in [3.05, 3.63) is 59.2 Å². The number of hydrogen-bond donors (Lipinski definition) is 0. The second-order valence-corrected chi connectivity index (χ2v) is 5.26. The fourth-order valence-electron chi connectivity index (χ4n) is 2.78. The molecule has 0 aromatic heterocycles. The molecule has 0 amide bonds. The molecule has 4 nitrogen and oxygen atoms in total. The summed E-state index contributed by atoms with van der Waals surface area (Å²) in [7, 11) is 0. The van der Waals surface area contributed by atoms with Gasteiger partial charge in [-0.2, -0.15) is 0 Å². The third-order valence-corrected chi connectivity index (χ3v) is 3.91. The average Bonchev–Trinajstić information content (AvgIpc) is 2.95. The van der Waals surface area contributed by atoms with Gasteiger partial charge in [-0.05, 0) is 47.9 Å². The van der Waals surface area contributed by atoms with Crippen molar-refractivity contribution in [2.24, 2.45) is 0 Å². The molecule has 21 heavy (non-hydrogen) atoms. The zero-order chi connectivity index (χ0) is 15.1. The summed E-state index contributed by atoms with van der Waals surface area (Å²) in [5.74, 6) is -2.74. The highest BCUT2D eigenvalue weighted by Crippen LogP contribution is 2.31. The summed E-state index contributed by atoms with van der Waals surface area (Å²) in [6.07, 6.45) is 5.07. The molecule has 0 saturated carbocycles. The third-order valence-electron chi connectivity index (χ3n) is 3.91. The summed E-state index contributed by atoms with van der Waals surface area (Å²) in [5.41, 5.74) is 1.89. The van der Waals surface area contributed by atoms with Gasteiger partial charge in [-0.1, -0.05) is 18.2 Å². The smallest absolute Gasteiger partial charge is 0.171 e. The molecule has 2 aliphatic rings. The molecular formula is C17H12O4. The van der Waals surface area contributed by atoms with Crippen LogP contribution in [0.1, 0.15) is 28.5 Å². The zero-order valence-corrected chi connectivity index (χ0v) is 11.3. The van der Waals surface area contributed by atoms with E-state index >= 15 is 0 Å². The van der Waals surface area contributed by atoms with Crippen molar-refractivity contribution in [2.75, 3.05) is 0 Å². The number of hydrogen-bond acceptors (Lipinski definition) is 4. The number of benzene rings is 1. The van der Waals surface area contributed by atoms with Crippen LogP contribution in [0.15, 0.2) is 42.5 Å². The molecule has 0 unspecified atom stereocenters. The normalized spacial score (nSPS) is 19.3. The van der Waals surface area contributed by atoms with E-state index in [2.05, 4.69) is 0 Å². The fraction of sp³-hybridized carbons (Fsp3) is 0.176. The van der Waals surface area contributed by atoms with Gasteiger partial charge in [0.1, 0.15) is 11.8 Å². The highest BCUT2D eigenvalue weighted by Gasteiger charge is 2.34. The van der Waals surface area contributed by atoms with Gasteiger partial charge in [0, 0.05) is 0 Å². The molecule has 4 heteroatoms. The summed E-state index contributed by atoms with van der Waals surface area (Å²) in [5, 5.41) is 0. The monoisotopic (exact) mass is 280 g/mol. The summed E-state index contributed by atoms with van der Waals surface area (Å²) in [6, 6.07) is 5.07. The van der Waals surface area contributed by atoms with Crippen LogP contribution in [0, 0.1) is 6.92 Å². The zero-order valence-electron chi connectivity index (χ0n) is 11.3. The number of ketones is 4. The Labute approximate surface area is 121 Å². The van der Waals surface area contributed by atoms with Gasteiger partial charge in [0.25, 0.3) is 0 Å². The maximum absolute atomic E-state index is 11.8.